The Morgan fingerprint density at radius 2 is 1.16 bits per heavy atom. The lowest BCUT2D eigenvalue weighted by Crippen LogP contribution is -2.25. The fourth-order valence-corrected chi connectivity index (χ4v) is 12.6. The van der Waals surface area contributed by atoms with Gasteiger partial charge in [-0.2, -0.15) is 0 Å². The van der Waals surface area contributed by atoms with E-state index in [-0.39, 0.29) is 17.3 Å². The van der Waals surface area contributed by atoms with Gasteiger partial charge in [-0.25, -0.2) is 4.98 Å². The smallest absolute Gasteiger partial charge is 0.161 e. The molecule has 82 heavy (non-hydrogen) atoms. The van der Waals surface area contributed by atoms with Crippen LogP contribution in [0.15, 0.2) is 241 Å². The minimum Gasteiger partial charge on any atom is -0.457 e. The molecule has 0 unspecified atom stereocenters. The van der Waals surface area contributed by atoms with E-state index in [1.807, 2.05) is 18.3 Å². The van der Waals surface area contributed by atoms with Crippen molar-refractivity contribution < 1.29 is 9.15 Å². The number of ether oxygens (including phenoxy) is 1. The molecular weight excluding hydrogens is 1000 g/mol. The number of rotatable bonds is 11. The van der Waals surface area contributed by atoms with E-state index >= 15 is 0 Å². The van der Waals surface area contributed by atoms with Crippen LogP contribution in [0.1, 0.15) is 77.0 Å². The molecule has 6 nitrogen and oxygen atoms in total. The first-order valence-corrected chi connectivity index (χ1v) is 28.7. The van der Waals surface area contributed by atoms with Crippen molar-refractivity contribution in [2.24, 2.45) is 0 Å². The average molecular weight is 1070 g/mol. The zero-order chi connectivity index (χ0) is 55.8. The van der Waals surface area contributed by atoms with Gasteiger partial charge in [0.15, 0.2) is 5.58 Å². The van der Waals surface area contributed by atoms with Crippen LogP contribution in [0, 0.1) is 0 Å². The first-order chi connectivity index (χ1) is 39.9. The van der Waals surface area contributed by atoms with Crippen LogP contribution in [0.2, 0.25) is 0 Å². The third-order valence-corrected chi connectivity index (χ3v) is 16.6. The van der Waals surface area contributed by atoms with Crippen LogP contribution in [-0.4, -0.2) is 16.2 Å². The lowest BCUT2D eigenvalue weighted by Gasteiger charge is -2.28. The van der Waals surface area contributed by atoms with Crippen LogP contribution in [0.3, 0.4) is 0 Å². The van der Waals surface area contributed by atoms with E-state index in [2.05, 4.69) is 281 Å². The van der Waals surface area contributed by atoms with Crippen molar-refractivity contribution in [3.05, 3.63) is 253 Å². The molecule has 1 aliphatic heterocycles. The Kier molecular flexibility index (Phi) is 12.4. The summed E-state index contributed by atoms with van der Waals surface area (Å²) in [5, 5.41) is 4.34. The van der Waals surface area contributed by atoms with Gasteiger partial charge in [-0.3, -0.25) is 4.57 Å². The largest absolute Gasteiger partial charge is 0.457 e. The van der Waals surface area contributed by atoms with Crippen LogP contribution < -0.4 is 14.5 Å². The molecule has 4 heterocycles. The van der Waals surface area contributed by atoms with Crippen molar-refractivity contribution >= 4 is 66.5 Å². The average Bonchev–Trinajstić information content (AvgIpc) is 4.39. The molecule has 0 saturated carbocycles. The van der Waals surface area contributed by atoms with Gasteiger partial charge >= 0.3 is 0 Å². The molecular formula is C76H64N4O2. The van der Waals surface area contributed by atoms with Crippen LogP contribution >= 0.6 is 0 Å². The van der Waals surface area contributed by atoms with Crippen molar-refractivity contribution in [1.82, 2.24) is 9.55 Å². The number of nitrogens with zero attached hydrogens (tertiary/aromatic N) is 4. The highest BCUT2D eigenvalue weighted by Gasteiger charge is 2.33. The normalized spacial score (nSPS) is 12.7. The molecule has 0 saturated heterocycles. The van der Waals surface area contributed by atoms with Gasteiger partial charge in [-0.15, -0.1) is 0 Å². The Hall–Kier alpha value is -9.65. The van der Waals surface area contributed by atoms with E-state index in [0.717, 1.165) is 94.8 Å². The predicted octanol–water partition coefficient (Wildman–Crippen LogP) is 21.3. The molecule has 6 heteroatoms. The van der Waals surface area contributed by atoms with Gasteiger partial charge in [-0.1, -0.05) is 206 Å². The molecule has 0 aliphatic carbocycles. The van der Waals surface area contributed by atoms with E-state index in [1.165, 1.54) is 44.5 Å². The molecule has 0 bridgehead atoms. The predicted molar refractivity (Wildman–Crippen MR) is 343 cm³/mol. The van der Waals surface area contributed by atoms with Crippen LogP contribution in [0.5, 0.6) is 11.5 Å². The number of benzene rings is 10. The molecule has 400 valence electrons. The minimum atomic E-state index is -0.0333. The van der Waals surface area contributed by atoms with Crippen LogP contribution in [0.25, 0.3) is 94.1 Å². The molecule has 0 N–H and O–H groups in total. The zero-order valence-electron chi connectivity index (χ0n) is 47.5. The summed E-state index contributed by atoms with van der Waals surface area (Å²) in [6.07, 6.45) is 1.85. The topological polar surface area (TPSA) is 46.7 Å². The van der Waals surface area contributed by atoms with Gasteiger partial charge < -0.3 is 19.0 Å². The van der Waals surface area contributed by atoms with Crippen LogP contribution in [0.4, 0.5) is 22.7 Å². The number of aromatic nitrogens is 2. The first kappa shape index (κ1) is 50.6. The number of pyridine rings is 1. The van der Waals surface area contributed by atoms with E-state index in [9.17, 15) is 0 Å². The second kappa shape index (κ2) is 20.2. The lowest BCUT2D eigenvalue weighted by molar-refractivity contribution is 0.483. The fourth-order valence-electron chi connectivity index (χ4n) is 12.6. The molecule has 3 aromatic heterocycles. The van der Waals surface area contributed by atoms with E-state index in [4.69, 9.17) is 14.1 Å². The Bertz CT molecular complexity index is 4550. The molecule has 1 aliphatic rings. The molecule has 10 aromatic carbocycles. The number of furan rings is 1. The Morgan fingerprint density at radius 3 is 1.90 bits per heavy atom. The van der Waals surface area contributed by atoms with Gasteiger partial charge in [0.05, 0.1) is 28.0 Å². The number of fused-ring (bicyclic) bond motifs is 8. The number of anilines is 4. The zero-order valence-corrected chi connectivity index (χ0v) is 47.5. The summed E-state index contributed by atoms with van der Waals surface area (Å²) in [4.78, 5) is 9.95. The van der Waals surface area contributed by atoms with Crippen molar-refractivity contribution in [1.29, 1.82) is 0 Å². The summed E-state index contributed by atoms with van der Waals surface area (Å²) in [6.45, 7) is 16.6. The van der Waals surface area contributed by atoms with Gasteiger partial charge in [-0.05, 0) is 139 Å². The maximum absolute atomic E-state index is 7.31. The summed E-state index contributed by atoms with van der Waals surface area (Å²) < 4.78 is 16.4. The summed E-state index contributed by atoms with van der Waals surface area (Å²) in [6, 6.07) is 83.5. The second-order valence-corrected chi connectivity index (χ2v) is 23.5. The summed E-state index contributed by atoms with van der Waals surface area (Å²) >= 11 is 0. The van der Waals surface area contributed by atoms with E-state index < -0.39 is 0 Å². The molecule has 0 radical (unpaired) electrons. The number of hydrogen-bond acceptors (Lipinski definition) is 5. The Morgan fingerprint density at radius 1 is 0.500 bits per heavy atom. The standard InChI is InChI=1S/C76H64N4O2/c1-48(2)60-29-19-30-61(49(3)4)71(60)55-43-57(45-59(44-55)81-58-37-38-65-68(46-58)80(70-35-15-16-40-77-70)74-72-62-28-12-11-23-51(62)36-39-69(72)82-75(65)74)78-47-79(67-34-14-13-33-66(67)78)73-63(53-25-17-24-52(41-53)50-21-9-8-10-22-50)31-20-32-64(73)54-26-18-27-56(42-54)76(5,6)7/h8-46,48-49H,47H2,1-7H3. The van der Waals surface area contributed by atoms with Gasteiger partial charge in [0, 0.05) is 40.5 Å². The Labute approximate surface area is 480 Å². The van der Waals surface area contributed by atoms with E-state index in [0.29, 0.717) is 12.4 Å². The third kappa shape index (κ3) is 8.78. The molecule has 0 atom stereocenters. The summed E-state index contributed by atoms with van der Waals surface area (Å²) in [5.41, 5.74) is 21.3. The first-order valence-electron chi connectivity index (χ1n) is 28.7. The highest BCUT2D eigenvalue weighted by Crippen LogP contribution is 2.52. The minimum absolute atomic E-state index is 0.0333. The maximum atomic E-state index is 7.31. The van der Waals surface area contributed by atoms with Crippen molar-refractivity contribution in [3.8, 4) is 61.8 Å². The maximum Gasteiger partial charge on any atom is 0.161 e. The SMILES string of the molecule is CC(C)c1cccc(C(C)C)c1-c1cc(Oc2ccc3c4oc5ccc6ccccc6c5c4n(-c4ccccn4)c3c2)cc(N2CN(c3c(-c4cccc(-c5ccccc5)c4)cccc3-c3cccc(C(C)(C)C)c3)c3ccccc32)c1. The molecule has 0 fully saturated rings. The highest BCUT2D eigenvalue weighted by molar-refractivity contribution is 6.24. The van der Waals surface area contributed by atoms with Crippen molar-refractivity contribution in [2.45, 2.75) is 65.7 Å². The van der Waals surface area contributed by atoms with Crippen molar-refractivity contribution in [3.63, 3.8) is 0 Å². The summed E-state index contributed by atoms with van der Waals surface area (Å²) in [7, 11) is 0. The second-order valence-electron chi connectivity index (χ2n) is 23.5. The molecule has 14 rings (SSSR count). The van der Waals surface area contributed by atoms with E-state index in [1.54, 1.807) is 0 Å². The lowest BCUT2D eigenvalue weighted by atomic mass is 9.85. The van der Waals surface area contributed by atoms with Gasteiger partial charge in [0.25, 0.3) is 0 Å². The quantitative estimate of drug-likeness (QED) is 0.129. The Balaban J connectivity index is 0.954. The fraction of sp³-hybridized carbons (Fsp3) is 0.145. The highest BCUT2D eigenvalue weighted by atomic mass is 16.5. The third-order valence-electron chi connectivity index (χ3n) is 16.6. The van der Waals surface area contributed by atoms with Gasteiger partial charge in [0.1, 0.15) is 35.1 Å². The number of para-hydroxylation sites is 3. The molecule has 0 amide bonds. The van der Waals surface area contributed by atoms with Gasteiger partial charge in [0.2, 0.25) is 0 Å². The molecule has 13 aromatic rings. The van der Waals surface area contributed by atoms with Crippen molar-refractivity contribution in [2.75, 3.05) is 16.5 Å². The monoisotopic (exact) mass is 1060 g/mol. The number of hydrogen-bond donors (Lipinski definition) is 0. The van der Waals surface area contributed by atoms with Crippen LogP contribution in [-0.2, 0) is 5.41 Å². The summed E-state index contributed by atoms with van der Waals surface area (Å²) in [5.74, 6) is 2.82. The molecule has 0 spiro atoms.